The van der Waals surface area contributed by atoms with Crippen LogP contribution in [0.1, 0.15) is 85.5 Å². The van der Waals surface area contributed by atoms with Crippen molar-refractivity contribution >= 4 is 46.2 Å². The first-order valence-electron chi connectivity index (χ1n) is 14.0. The lowest BCUT2D eigenvalue weighted by molar-refractivity contribution is -0.129. The van der Waals surface area contributed by atoms with E-state index in [4.69, 9.17) is 9.47 Å². The Morgan fingerprint density at radius 2 is 1.39 bits per heavy atom. The second-order valence-corrected chi connectivity index (χ2v) is 10.7. The van der Waals surface area contributed by atoms with Gasteiger partial charge in [-0.3, -0.25) is 19.2 Å². The van der Waals surface area contributed by atoms with Gasteiger partial charge in [-0.05, 0) is 25.2 Å². The Morgan fingerprint density at radius 3 is 1.97 bits per heavy atom. The number of hydrogen-bond donors (Lipinski definition) is 4. The third-order valence-electron chi connectivity index (χ3n) is 6.21. The topological polar surface area (TPSA) is 135 Å². The van der Waals surface area contributed by atoms with E-state index >= 15 is 0 Å². The Hall–Kier alpha value is -1.47. The molecule has 0 bridgehead atoms. The average molecular weight is 655 g/mol. The standard InChI is InChI=1S/C27H51IN4O6/c1-5-7-9-12-27(4,13-10-8-6-2)21-31-26(36)22(3)32-25(35)20-30-23(33)11-15-37-17-18-38-16-14-29-24(34)19-28/h22H,5-21H2,1-4H3,(H,29,34)(H,30,33)(H,31,36)(H,32,35)/t22-/m0/s1. The van der Waals surface area contributed by atoms with Crippen LogP contribution in [0.25, 0.3) is 0 Å². The van der Waals surface area contributed by atoms with Gasteiger partial charge in [0.2, 0.25) is 23.6 Å². The number of halogens is 1. The lowest BCUT2D eigenvalue weighted by Gasteiger charge is -2.31. The number of ether oxygens (including phenoxy) is 2. The molecule has 0 aliphatic carbocycles. The molecular weight excluding hydrogens is 603 g/mol. The first kappa shape index (κ1) is 36.5. The summed E-state index contributed by atoms with van der Waals surface area (Å²) in [5.41, 5.74) is 0.0535. The zero-order valence-corrected chi connectivity index (χ0v) is 26.1. The highest BCUT2D eigenvalue weighted by Crippen LogP contribution is 2.30. The fourth-order valence-corrected chi connectivity index (χ4v) is 4.05. The smallest absolute Gasteiger partial charge is 0.242 e. The van der Waals surface area contributed by atoms with E-state index in [1.54, 1.807) is 6.92 Å². The number of unbranched alkanes of at least 4 members (excludes halogenated alkanes) is 4. The van der Waals surface area contributed by atoms with Crippen molar-refractivity contribution in [2.24, 2.45) is 5.41 Å². The number of nitrogens with one attached hydrogen (secondary N) is 4. The van der Waals surface area contributed by atoms with Crippen LogP contribution >= 0.6 is 22.6 Å². The highest BCUT2D eigenvalue weighted by Gasteiger charge is 2.25. The van der Waals surface area contributed by atoms with E-state index in [1.165, 1.54) is 25.7 Å². The number of carbonyl (C=O) groups excluding carboxylic acids is 4. The number of carbonyl (C=O) groups is 4. The number of rotatable bonds is 24. The van der Waals surface area contributed by atoms with Crippen LogP contribution in [0.4, 0.5) is 0 Å². The normalized spacial score (nSPS) is 12.0. The molecule has 0 aliphatic heterocycles. The maximum absolute atomic E-state index is 12.6. The van der Waals surface area contributed by atoms with E-state index in [0.717, 1.165) is 25.7 Å². The summed E-state index contributed by atoms with van der Waals surface area (Å²) < 4.78 is 11.1. The van der Waals surface area contributed by atoms with Gasteiger partial charge in [-0.1, -0.05) is 81.9 Å². The van der Waals surface area contributed by atoms with Crippen molar-refractivity contribution in [2.45, 2.75) is 91.5 Å². The average Bonchev–Trinajstić information content (AvgIpc) is 2.89. The fourth-order valence-electron chi connectivity index (χ4n) is 3.78. The van der Waals surface area contributed by atoms with E-state index in [9.17, 15) is 19.2 Å². The molecule has 0 radical (unpaired) electrons. The molecule has 0 saturated heterocycles. The Labute approximate surface area is 243 Å². The summed E-state index contributed by atoms with van der Waals surface area (Å²) in [6.45, 7) is 10.4. The van der Waals surface area contributed by atoms with Crippen LogP contribution in [-0.2, 0) is 28.7 Å². The Bertz CT molecular complexity index is 670. The number of hydrogen-bond acceptors (Lipinski definition) is 6. The highest BCUT2D eigenvalue weighted by molar-refractivity contribution is 14.1. The maximum Gasteiger partial charge on any atom is 0.242 e. The van der Waals surface area contributed by atoms with Gasteiger partial charge in [0.1, 0.15) is 6.04 Å². The van der Waals surface area contributed by atoms with Gasteiger partial charge in [0, 0.05) is 19.5 Å². The summed E-state index contributed by atoms with van der Waals surface area (Å²) >= 11 is 1.99. The molecule has 0 aliphatic rings. The molecule has 0 aromatic heterocycles. The van der Waals surface area contributed by atoms with Gasteiger partial charge < -0.3 is 30.7 Å². The van der Waals surface area contributed by atoms with Crippen molar-refractivity contribution in [3.05, 3.63) is 0 Å². The van der Waals surface area contributed by atoms with Crippen molar-refractivity contribution in [1.82, 2.24) is 21.3 Å². The molecule has 4 N–H and O–H groups in total. The lowest BCUT2D eigenvalue weighted by Crippen LogP contribution is -2.49. The predicted molar refractivity (Wildman–Crippen MR) is 158 cm³/mol. The van der Waals surface area contributed by atoms with Crippen LogP contribution in [-0.4, -0.2) is 80.2 Å². The van der Waals surface area contributed by atoms with Crippen LogP contribution in [0.2, 0.25) is 0 Å². The van der Waals surface area contributed by atoms with E-state index < -0.39 is 11.9 Å². The molecule has 222 valence electrons. The van der Waals surface area contributed by atoms with Gasteiger partial charge >= 0.3 is 0 Å². The molecule has 0 unspecified atom stereocenters. The molecule has 0 spiro atoms. The van der Waals surface area contributed by atoms with Gasteiger partial charge in [0.15, 0.2) is 0 Å². The van der Waals surface area contributed by atoms with E-state index in [-0.39, 0.29) is 42.7 Å². The Kier molecular flexibility index (Phi) is 22.5. The summed E-state index contributed by atoms with van der Waals surface area (Å²) in [5.74, 6) is -0.977. The predicted octanol–water partition coefficient (Wildman–Crippen LogP) is 2.86. The zero-order valence-electron chi connectivity index (χ0n) is 23.9. The summed E-state index contributed by atoms with van der Waals surface area (Å²) in [5, 5.41) is 10.9. The van der Waals surface area contributed by atoms with Crippen molar-refractivity contribution in [1.29, 1.82) is 0 Å². The van der Waals surface area contributed by atoms with E-state index in [1.807, 2.05) is 22.6 Å². The van der Waals surface area contributed by atoms with Gasteiger partial charge in [-0.2, -0.15) is 0 Å². The van der Waals surface area contributed by atoms with Gasteiger partial charge in [-0.25, -0.2) is 0 Å². The molecule has 4 amide bonds. The number of amides is 4. The van der Waals surface area contributed by atoms with Crippen LogP contribution in [0.5, 0.6) is 0 Å². The molecule has 0 aromatic rings. The van der Waals surface area contributed by atoms with Crippen LogP contribution in [0.3, 0.4) is 0 Å². The summed E-state index contributed by atoms with van der Waals surface area (Å²) in [4.78, 5) is 47.8. The van der Waals surface area contributed by atoms with Crippen molar-refractivity contribution in [3.8, 4) is 0 Å². The summed E-state index contributed by atoms with van der Waals surface area (Å²) in [6.07, 6.45) is 9.29. The summed E-state index contributed by atoms with van der Waals surface area (Å²) in [7, 11) is 0. The Balaban J connectivity index is 4.09. The van der Waals surface area contributed by atoms with Crippen LogP contribution < -0.4 is 21.3 Å². The zero-order chi connectivity index (χ0) is 28.7. The van der Waals surface area contributed by atoms with Gasteiger partial charge in [0.05, 0.1) is 37.4 Å². The van der Waals surface area contributed by atoms with Crippen LogP contribution in [0, 0.1) is 5.41 Å². The van der Waals surface area contributed by atoms with E-state index in [2.05, 4.69) is 42.0 Å². The molecule has 0 fully saturated rings. The first-order valence-corrected chi connectivity index (χ1v) is 15.5. The van der Waals surface area contributed by atoms with Crippen molar-refractivity contribution < 1.29 is 28.7 Å². The second-order valence-electron chi connectivity index (χ2n) is 9.97. The van der Waals surface area contributed by atoms with Gasteiger partial charge in [-0.15, -0.1) is 0 Å². The largest absolute Gasteiger partial charge is 0.379 e. The van der Waals surface area contributed by atoms with Crippen LogP contribution in [0.15, 0.2) is 0 Å². The Morgan fingerprint density at radius 1 is 0.789 bits per heavy atom. The third-order valence-corrected chi connectivity index (χ3v) is 6.90. The molecule has 11 heteroatoms. The summed E-state index contributed by atoms with van der Waals surface area (Å²) in [6, 6.07) is -0.687. The quantitative estimate of drug-likeness (QED) is 0.0719. The molecule has 0 saturated carbocycles. The molecule has 1 atom stereocenters. The lowest BCUT2D eigenvalue weighted by atomic mass is 9.79. The minimum absolute atomic E-state index is 0.0308. The number of alkyl halides is 1. The SMILES string of the molecule is CCCCCC(C)(CCCCC)CNC(=O)[C@H](C)NC(=O)CNC(=O)CCOCCOCCNC(=O)CI. The maximum atomic E-state index is 12.6. The minimum Gasteiger partial charge on any atom is -0.379 e. The van der Waals surface area contributed by atoms with E-state index in [0.29, 0.717) is 37.3 Å². The highest BCUT2D eigenvalue weighted by atomic mass is 127. The van der Waals surface area contributed by atoms with Gasteiger partial charge in [0.25, 0.3) is 0 Å². The molecule has 10 nitrogen and oxygen atoms in total. The second kappa shape index (κ2) is 23.4. The molecular formula is C27H51IN4O6. The minimum atomic E-state index is -0.687. The molecule has 0 heterocycles. The molecule has 38 heavy (non-hydrogen) atoms. The van der Waals surface area contributed by atoms with Crippen molar-refractivity contribution in [3.63, 3.8) is 0 Å². The van der Waals surface area contributed by atoms with Crippen molar-refractivity contribution in [2.75, 3.05) is 50.5 Å². The first-order chi connectivity index (χ1) is 18.2. The third kappa shape index (κ3) is 20.5. The molecule has 0 aromatic carbocycles. The molecule has 0 rings (SSSR count). The fraction of sp³-hybridized carbons (Fsp3) is 0.852. The monoisotopic (exact) mass is 654 g/mol.